The fraction of sp³-hybridized carbons (Fsp3) is 0.857. The van der Waals surface area contributed by atoms with Gasteiger partial charge in [0.2, 0.25) is 11.8 Å². The average Bonchev–Trinajstić information content (AvgIpc) is 2.51. The molecule has 2 aliphatic heterocycles. The van der Waals surface area contributed by atoms with Crippen LogP contribution in [0.25, 0.3) is 0 Å². The highest BCUT2D eigenvalue weighted by Crippen LogP contribution is 2.18. The standard InChI is InChI=1S/C14H25N3O3/c1-4-14(2)13(19)17(6-5-12(18)15-14)10-11-9-16(3)7-8-20-11/h11H,4-10H2,1-3H3,(H,15,18). The number of amides is 2. The van der Waals surface area contributed by atoms with Crippen molar-refractivity contribution < 1.29 is 14.3 Å². The van der Waals surface area contributed by atoms with Crippen LogP contribution in [0.1, 0.15) is 26.7 Å². The Morgan fingerprint density at radius 1 is 1.40 bits per heavy atom. The number of morpholine rings is 1. The number of nitrogens with zero attached hydrogens (tertiary/aromatic N) is 2. The van der Waals surface area contributed by atoms with Crippen molar-refractivity contribution >= 4 is 11.8 Å². The van der Waals surface area contributed by atoms with Gasteiger partial charge in [-0.3, -0.25) is 9.59 Å². The largest absolute Gasteiger partial charge is 0.374 e. The monoisotopic (exact) mass is 283 g/mol. The second kappa shape index (κ2) is 6.10. The Hall–Kier alpha value is -1.14. The SMILES string of the molecule is CCC1(C)NC(=O)CCN(CC2CN(C)CCO2)C1=O. The summed E-state index contributed by atoms with van der Waals surface area (Å²) in [5, 5.41) is 2.85. The van der Waals surface area contributed by atoms with E-state index in [9.17, 15) is 9.59 Å². The molecule has 1 N–H and O–H groups in total. The van der Waals surface area contributed by atoms with Crippen molar-refractivity contribution in [3.8, 4) is 0 Å². The Kier molecular flexibility index (Phi) is 4.65. The first-order chi connectivity index (χ1) is 9.44. The normalized spacial score (nSPS) is 33.0. The van der Waals surface area contributed by atoms with Crippen molar-refractivity contribution in [1.29, 1.82) is 0 Å². The Morgan fingerprint density at radius 3 is 2.80 bits per heavy atom. The molecule has 0 aromatic rings. The van der Waals surface area contributed by atoms with Crippen LogP contribution >= 0.6 is 0 Å². The summed E-state index contributed by atoms with van der Waals surface area (Å²) in [6, 6.07) is 0. The summed E-state index contributed by atoms with van der Waals surface area (Å²) in [4.78, 5) is 28.4. The minimum absolute atomic E-state index is 0.00248. The van der Waals surface area contributed by atoms with Gasteiger partial charge in [0, 0.05) is 32.6 Å². The first kappa shape index (κ1) is 15.3. The third-order valence-corrected chi connectivity index (χ3v) is 4.26. The molecule has 2 rings (SSSR count). The molecule has 2 unspecified atom stereocenters. The van der Waals surface area contributed by atoms with Crippen LogP contribution in [-0.4, -0.2) is 73.1 Å². The molecule has 0 aromatic carbocycles. The summed E-state index contributed by atoms with van der Waals surface area (Å²) in [5.41, 5.74) is -0.784. The van der Waals surface area contributed by atoms with E-state index in [1.165, 1.54) is 0 Å². The fourth-order valence-electron chi connectivity index (χ4n) is 2.75. The maximum absolute atomic E-state index is 12.6. The van der Waals surface area contributed by atoms with E-state index in [0.29, 0.717) is 32.5 Å². The molecular formula is C14H25N3O3. The number of carbonyl (C=O) groups is 2. The molecule has 0 aromatic heterocycles. The van der Waals surface area contributed by atoms with Crippen LogP contribution in [-0.2, 0) is 14.3 Å². The molecule has 114 valence electrons. The number of nitrogens with one attached hydrogen (secondary N) is 1. The van der Waals surface area contributed by atoms with Crippen LogP contribution < -0.4 is 5.32 Å². The summed E-state index contributed by atoms with van der Waals surface area (Å²) >= 11 is 0. The minimum atomic E-state index is -0.784. The fourth-order valence-corrected chi connectivity index (χ4v) is 2.75. The molecule has 2 saturated heterocycles. The summed E-state index contributed by atoms with van der Waals surface area (Å²) in [5.74, 6) is -0.0467. The van der Waals surface area contributed by atoms with E-state index in [1.54, 1.807) is 11.8 Å². The van der Waals surface area contributed by atoms with Gasteiger partial charge in [-0.05, 0) is 20.4 Å². The molecule has 2 amide bonds. The van der Waals surface area contributed by atoms with E-state index < -0.39 is 5.54 Å². The van der Waals surface area contributed by atoms with Crippen LogP contribution in [0.4, 0.5) is 0 Å². The Morgan fingerprint density at radius 2 is 2.15 bits per heavy atom. The molecule has 0 bridgehead atoms. The molecule has 6 nitrogen and oxygen atoms in total. The third kappa shape index (κ3) is 3.30. The van der Waals surface area contributed by atoms with Crippen molar-refractivity contribution in [3.05, 3.63) is 0 Å². The molecule has 2 aliphatic rings. The molecule has 6 heteroatoms. The molecular weight excluding hydrogens is 258 g/mol. The van der Waals surface area contributed by atoms with Crippen LogP contribution in [0.5, 0.6) is 0 Å². The van der Waals surface area contributed by atoms with Crippen LogP contribution in [0.3, 0.4) is 0 Å². The lowest BCUT2D eigenvalue weighted by Gasteiger charge is -2.36. The summed E-state index contributed by atoms with van der Waals surface area (Å²) in [6.45, 7) is 7.22. The van der Waals surface area contributed by atoms with E-state index in [1.807, 2.05) is 6.92 Å². The van der Waals surface area contributed by atoms with Crippen molar-refractivity contribution in [2.45, 2.75) is 38.3 Å². The maximum atomic E-state index is 12.6. The lowest BCUT2D eigenvalue weighted by Crippen LogP contribution is -2.56. The van der Waals surface area contributed by atoms with Gasteiger partial charge in [-0.25, -0.2) is 0 Å². The molecule has 2 atom stereocenters. The Bertz CT molecular complexity index is 388. The second-order valence-electron chi connectivity index (χ2n) is 5.99. The minimum Gasteiger partial charge on any atom is -0.374 e. The van der Waals surface area contributed by atoms with Crippen molar-refractivity contribution in [1.82, 2.24) is 15.1 Å². The first-order valence-corrected chi connectivity index (χ1v) is 7.35. The van der Waals surface area contributed by atoms with Gasteiger partial charge in [-0.2, -0.15) is 0 Å². The van der Waals surface area contributed by atoms with Gasteiger partial charge >= 0.3 is 0 Å². The quantitative estimate of drug-likeness (QED) is 0.781. The highest BCUT2D eigenvalue weighted by atomic mass is 16.5. The smallest absolute Gasteiger partial charge is 0.248 e. The summed E-state index contributed by atoms with van der Waals surface area (Å²) in [6.07, 6.45) is 0.996. The van der Waals surface area contributed by atoms with Gasteiger partial charge in [0.1, 0.15) is 5.54 Å². The van der Waals surface area contributed by atoms with Gasteiger partial charge in [0.25, 0.3) is 0 Å². The number of ether oxygens (including phenoxy) is 1. The van der Waals surface area contributed by atoms with Gasteiger partial charge in [-0.1, -0.05) is 6.92 Å². The molecule has 2 fully saturated rings. The van der Waals surface area contributed by atoms with Crippen molar-refractivity contribution in [3.63, 3.8) is 0 Å². The van der Waals surface area contributed by atoms with Crippen LogP contribution in [0.15, 0.2) is 0 Å². The summed E-state index contributed by atoms with van der Waals surface area (Å²) in [7, 11) is 2.06. The van der Waals surface area contributed by atoms with Crippen molar-refractivity contribution in [2.24, 2.45) is 0 Å². The first-order valence-electron chi connectivity index (χ1n) is 7.35. The van der Waals surface area contributed by atoms with E-state index in [-0.39, 0.29) is 17.9 Å². The second-order valence-corrected chi connectivity index (χ2v) is 5.99. The predicted octanol–water partition coefficient (Wildman–Crippen LogP) is -0.166. The van der Waals surface area contributed by atoms with E-state index in [4.69, 9.17) is 4.74 Å². The van der Waals surface area contributed by atoms with Crippen molar-refractivity contribution in [2.75, 3.05) is 39.8 Å². The number of hydrogen-bond acceptors (Lipinski definition) is 4. The number of carbonyl (C=O) groups excluding carboxylic acids is 2. The topological polar surface area (TPSA) is 61.9 Å². The number of likely N-dealkylation sites (N-methyl/N-ethyl adjacent to an activating group) is 1. The van der Waals surface area contributed by atoms with Gasteiger partial charge in [0.15, 0.2) is 0 Å². The number of rotatable bonds is 3. The summed E-state index contributed by atoms with van der Waals surface area (Å²) < 4.78 is 5.73. The lowest BCUT2D eigenvalue weighted by atomic mass is 9.97. The molecule has 20 heavy (non-hydrogen) atoms. The number of hydrogen-bond donors (Lipinski definition) is 1. The average molecular weight is 283 g/mol. The van der Waals surface area contributed by atoms with Gasteiger partial charge in [-0.15, -0.1) is 0 Å². The Balaban J connectivity index is 2.05. The van der Waals surface area contributed by atoms with Gasteiger partial charge in [0.05, 0.1) is 12.7 Å². The molecule has 0 saturated carbocycles. The highest BCUT2D eigenvalue weighted by Gasteiger charge is 2.40. The zero-order valence-corrected chi connectivity index (χ0v) is 12.6. The predicted molar refractivity (Wildman–Crippen MR) is 75.3 cm³/mol. The van der Waals surface area contributed by atoms with Crippen LogP contribution in [0.2, 0.25) is 0 Å². The zero-order chi connectivity index (χ0) is 14.8. The molecule has 0 spiro atoms. The van der Waals surface area contributed by atoms with E-state index in [0.717, 1.165) is 13.1 Å². The van der Waals surface area contributed by atoms with E-state index in [2.05, 4.69) is 17.3 Å². The van der Waals surface area contributed by atoms with E-state index >= 15 is 0 Å². The van der Waals surface area contributed by atoms with Crippen LogP contribution in [0, 0.1) is 0 Å². The third-order valence-electron chi connectivity index (χ3n) is 4.26. The Labute approximate surface area is 120 Å². The highest BCUT2D eigenvalue weighted by molar-refractivity contribution is 5.93. The molecule has 0 radical (unpaired) electrons. The molecule has 0 aliphatic carbocycles. The molecule has 2 heterocycles. The lowest BCUT2D eigenvalue weighted by molar-refractivity contribution is -0.141. The zero-order valence-electron chi connectivity index (χ0n) is 12.6. The maximum Gasteiger partial charge on any atom is 0.248 e. The van der Waals surface area contributed by atoms with Gasteiger partial charge < -0.3 is 19.9 Å².